The summed E-state index contributed by atoms with van der Waals surface area (Å²) in [6.45, 7) is 3.48. The molecule has 5 nitrogen and oxygen atoms in total. The molecule has 1 fully saturated rings. The van der Waals surface area contributed by atoms with Gasteiger partial charge >= 0.3 is 0 Å². The Labute approximate surface area is 141 Å². The minimum atomic E-state index is 0.740. The Hall–Kier alpha value is -2.79. The molecule has 2 heterocycles. The van der Waals surface area contributed by atoms with Gasteiger partial charge in [0.1, 0.15) is 5.82 Å². The fourth-order valence-corrected chi connectivity index (χ4v) is 3.05. The van der Waals surface area contributed by atoms with Gasteiger partial charge in [-0.3, -0.25) is 4.57 Å². The Morgan fingerprint density at radius 2 is 1.71 bits per heavy atom. The molecule has 5 heteroatoms. The Morgan fingerprint density at radius 1 is 0.958 bits per heavy atom. The zero-order valence-corrected chi connectivity index (χ0v) is 13.4. The van der Waals surface area contributed by atoms with Gasteiger partial charge in [0.15, 0.2) is 0 Å². The van der Waals surface area contributed by atoms with Crippen molar-refractivity contribution < 1.29 is 4.74 Å². The van der Waals surface area contributed by atoms with Crippen molar-refractivity contribution >= 4 is 11.4 Å². The summed E-state index contributed by atoms with van der Waals surface area (Å²) in [4.78, 5) is 6.84. The highest BCUT2D eigenvalue weighted by Crippen LogP contribution is 2.25. The second kappa shape index (κ2) is 6.37. The lowest BCUT2D eigenvalue weighted by Gasteiger charge is -2.29. The number of morpholine rings is 1. The molecule has 0 saturated carbocycles. The largest absolute Gasteiger partial charge is 0.399 e. The minimum absolute atomic E-state index is 0.740. The van der Waals surface area contributed by atoms with Crippen LogP contribution in [0.5, 0.6) is 0 Å². The standard InChI is InChI=1S/C19H20N4O/c20-16-3-1-2-15(14-16)19-21-8-9-23(19)18-6-4-17(5-7-18)22-10-12-24-13-11-22/h1-9,14H,10-13,20H2. The molecular formula is C19H20N4O. The number of imidazole rings is 1. The average molecular weight is 320 g/mol. The number of rotatable bonds is 3. The molecule has 1 aromatic heterocycles. The van der Waals surface area contributed by atoms with Crippen LogP contribution in [-0.2, 0) is 4.74 Å². The van der Waals surface area contributed by atoms with Crippen molar-refractivity contribution in [1.82, 2.24) is 9.55 Å². The van der Waals surface area contributed by atoms with E-state index in [1.807, 2.05) is 36.7 Å². The molecule has 2 N–H and O–H groups in total. The van der Waals surface area contributed by atoms with Crippen LogP contribution in [0, 0.1) is 0 Å². The second-order valence-electron chi connectivity index (χ2n) is 5.86. The summed E-state index contributed by atoms with van der Waals surface area (Å²) in [5.41, 5.74) is 9.97. The van der Waals surface area contributed by atoms with Crippen LogP contribution >= 0.6 is 0 Å². The normalized spacial score (nSPS) is 14.8. The van der Waals surface area contributed by atoms with Crippen molar-refractivity contribution in [3.8, 4) is 17.1 Å². The second-order valence-corrected chi connectivity index (χ2v) is 5.86. The van der Waals surface area contributed by atoms with Crippen LogP contribution in [0.25, 0.3) is 17.1 Å². The third-order valence-electron chi connectivity index (χ3n) is 4.29. The van der Waals surface area contributed by atoms with Gasteiger partial charge in [-0.05, 0) is 36.4 Å². The van der Waals surface area contributed by atoms with E-state index < -0.39 is 0 Å². The number of hydrogen-bond acceptors (Lipinski definition) is 4. The highest BCUT2D eigenvalue weighted by Gasteiger charge is 2.12. The van der Waals surface area contributed by atoms with E-state index in [-0.39, 0.29) is 0 Å². The van der Waals surface area contributed by atoms with E-state index in [9.17, 15) is 0 Å². The summed E-state index contributed by atoms with van der Waals surface area (Å²) in [6.07, 6.45) is 3.79. The molecule has 0 amide bonds. The van der Waals surface area contributed by atoms with Crippen LogP contribution in [-0.4, -0.2) is 35.9 Å². The molecular weight excluding hydrogens is 300 g/mol. The van der Waals surface area contributed by atoms with Crippen molar-refractivity contribution in [3.63, 3.8) is 0 Å². The highest BCUT2D eigenvalue weighted by atomic mass is 16.5. The number of ether oxygens (including phenoxy) is 1. The minimum Gasteiger partial charge on any atom is -0.399 e. The number of hydrogen-bond donors (Lipinski definition) is 1. The maximum atomic E-state index is 5.90. The first-order valence-corrected chi connectivity index (χ1v) is 8.14. The van der Waals surface area contributed by atoms with Gasteiger partial charge in [-0.1, -0.05) is 12.1 Å². The molecule has 3 aromatic rings. The lowest BCUT2D eigenvalue weighted by Crippen LogP contribution is -2.36. The summed E-state index contributed by atoms with van der Waals surface area (Å²) in [6, 6.07) is 16.4. The summed E-state index contributed by atoms with van der Waals surface area (Å²) in [5.74, 6) is 0.890. The smallest absolute Gasteiger partial charge is 0.144 e. The molecule has 0 unspecified atom stereocenters. The van der Waals surface area contributed by atoms with Crippen LogP contribution in [0.3, 0.4) is 0 Å². The molecule has 0 radical (unpaired) electrons. The molecule has 24 heavy (non-hydrogen) atoms. The monoisotopic (exact) mass is 320 g/mol. The first kappa shape index (κ1) is 14.8. The van der Waals surface area contributed by atoms with Crippen molar-refractivity contribution in [2.45, 2.75) is 0 Å². The SMILES string of the molecule is Nc1cccc(-c2nccn2-c2ccc(N3CCOCC3)cc2)c1. The maximum Gasteiger partial charge on any atom is 0.144 e. The van der Waals surface area contributed by atoms with Crippen molar-refractivity contribution in [2.24, 2.45) is 0 Å². The lowest BCUT2D eigenvalue weighted by molar-refractivity contribution is 0.122. The molecule has 0 bridgehead atoms. The Kier molecular flexibility index (Phi) is 3.92. The van der Waals surface area contributed by atoms with Crippen LogP contribution < -0.4 is 10.6 Å². The molecule has 122 valence electrons. The van der Waals surface area contributed by atoms with E-state index in [2.05, 4.69) is 38.7 Å². The topological polar surface area (TPSA) is 56.3 Å². The van der Waals surface area contributed by atoms with E-state index in [4.69, 9.17) is 10.5 Å². The first-order valence-electron chi connectivity index (χ1n) is 8.14. The Balaban J connectivity index is 1.64. The van der Waals surface area contributed by atoms with Gasteiger partial charge in [-0.25, -0.2) is 4.98 Å². The predicted octanol–water partition coefficient (Wildman–Crippen LogP) is 2.96. The molecule has 0 spiro atoms. The average Bonchev–Trinajstić information content (AvgIpc) is 3.12. The quantitative estimate of drug-likeness (QED) is 0.754. The van der Waals surface area contributed by atoms with E-state index in [0.29, 0.717) is 0 Å². The van der Waals surface area contributed by atoms with Crippen LogP contribution in [0.1, 0.15) is 0 Å². The molecule has 0 aliphatic carbocycles. The van der Waals surface area contributed by atoms with Gasteiger partial charge in [0.05, 0.1) is 13.2 Å². The lowest BCUT2D eigenvalue weighted by atomic mass is 10.2. The van der Waals surface area contributed by atoms with Gasteiger partial charge < -0.3 is 15.4 Å². The number of nitrogens with zero attached hydrogens (tertiary/aromatic N) is 3. The van der Waals surface area contributed by atoms with Gasteiger partial charge in [-0.2, -0.15) is 0 Å². The maximum absolute atomic E-state index is 5.90. The first-order chi connectivity index (χ1) is 11.8. The van der Waals surface area contributed by atoms with Crippen molar-refractivity contribution in [1.29, 1.82) is 0 Å². The summed E-state index contributed by atoms with van der Waals surface area (Å²) >= 11 is 0. The zero-order chi connectivity index (χ0) is 16.4. The number of anilines is 2. The molecule has 1 saturated heterocycles. The molecule has 2 aromatic carbocycles. The fourth-order valence-electron chi connectivity index (χ4n) is 3.05. The third-order valence-corrected chi connectivity index (χ3v) is 4.29. The van der Waals surface area contributed by atoms with Gasteiger partial charge in [-0.15, -0.1) is 0 Å². The van der Waals surface area contributed by atoms with Crippen molar-refractivity contribution in [2.75, 3.05) is 36.9 Å². The predicted molar refractivity (Wildman–Crippen MR) is 96.4 cm³/mol. The van der Waals surface area contributed by atoms with Crippen LogP contribution in [0.2, 0.25) is 0 Å². The number of benzene rings is 2. The molecule has 0 atom stereocenters. The highest BCUT2D eigenvalue weighted by molar-refractivity contribution is 5.64. The zero-order valence-electron chi connectivity index (χ0n) is 13.4. The van der Waals surface area contributed by atoms with Gasteiger partial charge in [0.25, 0.3) is 0 Å². The van der Waals surface area contributed by atoms with Gasteiger partial charge in [0, 0.05) is 48.1 Å². The van der Waals surface area contributed by atoms with Crippen molar-refractivity contribution in [3.05, 3.63) is 60.9 Å². The summed E-state index contributed by atoms with van der Waals surface area (Å²) < 4.78 is 7.50. The molecule has 1 aliphatic heterocycles. The summed E-state index contributed by atoms with van der Waals surface area (Å²) in [7, 11) is 0. The van der Waals surface area contributed by atoms with E-state index in [1.54, 1.807) is 0 Å². The molecule has 4 rings (SSSR count). The summed E-state index contributed by atoms with van der Waals surface area (Å²) in [5, 5.41) is 0. The number of nitrogen functional groups attached to an aromatic ring is 1. The number of aromatic nitrogens is 2. The fraction of sp³-hybridized carbons (Fsp3) is 0.211. The van der Waals surface area contributed by atoms with Crippen LogP contribution in [0.4, 0.5) is 11.4 Å². The van der Waals surface area contributed by atoms with E-state index in [0.717, 1.165) is 49.1 Å². The Morgan fingerprint density at radius 3 is 2.46 bits per heavy atom. The van der Waals surface area contributed by atoms with E-state index >= 15 is 0 Å². The third kappa shape index (κ3) is 2.86. The Bertz CT molecular complexity index is 819. The van der Waals surface area contributed by atoms with Crippen LogP contribution in [0.15, 0.2) is 60.9 Å². The molecule has 1 aliphatic rings. The number of nitrogens with two attached hydrogens (primary N) is 1. The van der Waals surface area contributed by atoms with E-state index in [1.165, 1.54) is 5.69 Å². The van der Waals surface area contributed by atoms with Gasteiger partial charge in [0.2, 0.25) is 0 Å².